The fraction of sp³-hybridized carbons (Fsp3) is 0.562. The molecule has 0 spiro atoms. The first-order valence-corrected chi connectivity index (χ1v) is 16.5. The third kappa shape index (κ3) is 7.34. The molecule has 4 heterocycles. The van der Waals surface area contributed by atoms with Crippen LogP contribution in [0.15, 0.2) is 35.4 Å². The molecular formula is C32H46N6O5S. The van der Waals surface area contributed by atoms with Gasteiger partial charge in [-0.25, -0.2) is 19.5 Å². The van der Waals surface area contributed by atoms with Crippen LogP contribution in [-0.2, 0) is 20.2 Å². The molecule has 0 aliphatic carbocycles. The van der Waals surface area contributed by atoms with E-state index in [9.17, 15) is 18.0 Å². The molecule has 1 fully saturated rings. The van der Waals surface area contributed by atoms with Gasteiger partial charge in [-0.05, 0) is 77.2 Å². The average Bonchev–Trinajstić information content (AvgIpc) is 3.17. The Morgan fingerprint density at radius 2 is 1.80 bits per heavy atom. The van der Waals surface area contributed by atoms with E-state index >= 15 is 0 Å². The Balaban J connectivity index is 1.83. The lowest BCUT2D eigenvalue weighted by atomic mass is 9.83. The molecule has 3 N–H and O–H groups in total. The number of nitrogen functional groups attached to an aromatic ring is 1. The highest BCUT2D eigenvalue weighted by molar-refractivity contribution is 7.90. The zero-order chi connectivity index (χ0) is 32.8. The van der Waals surface area contributed by atoms with E-state index in [4.69, 9.17) is 15.5 Å². The maximum atomic E-state index is 14.0. The summed E-state index contributed by atoms with van der Waals surface area (Å²) in [5.74, 6) is 0.00572. The molecule has 44 heavy (non-hydrogen) atoms. The van der Waals surface area contributed by atoms with Gasteiger partial charge < -0.3 is 20.3 Å². The van der Waals surface area contributed by atoms with Crippen molar-refractivity contribution in [2.45, 2.75) is 96.7 Å². The second kappa shape index (κ2) is 11.7. The van der Waals surface area contributed by atoms with Gasteiger partial charge in [0.25, 0.3) is 15.9 Å². The third-order valence-corrected chi connectivity index (χ3v) is 8.97. The van der Waals surface area contributed by atoms with Gasteiger partial charge in [0, 0.05) is 36.2 Å². The Morgan fingerprint density at radius 1 is 1.11 bits per heavy atom. The van der Waals surface area contributed by atoms with Crippen LogP contribution < -0.4 is 15.4 Å². The maximum absolute atomic E-state index is 14.0. The van der Waals surface area contributed by atoms with Crippen molar-refractivity contribution in [1.29, 1.82) is 0 Å². The van der Waals surface area contributed by atoms with Gasteiger partial charge in [-0.15, -0.1) is 0 Å². The molecule has 2 aliphatic heterocycles. The topological polar surface area (TPSA) is 148 Å². The highest BCUT2D eigenvalue weighted by Gasteiger charge is 2.40. The number of hydrogen-bond donors (Lipinski definition) is 2. The molecule has 0 saturated carbocycles. The number of hydrogen-bond acceptors (Lipinski definition) is 9. The van der Waals surface area contributed by atoms with Crippen LogP contribution in [0.3, 0.4) is 0 Å². The molecule has 0 radical (unpaired) electrons. The van der Waals surface area contributed by atoms with E-state index in [1.807, 2.05) is 26.8 Å². The number of amides is 2. The van der Waals surface area contributed by atoms with Crippen molar-refractivity contribution in [3.63, 3.8) is 0 Å². The molecule has 0 aromatic carbocycles. The van der Waals surface area contributed by atoms with E-state index in [1.54, 1.807) is 11.0 Å². The monoisotopic (exact) mass is 626 g/mol. The van der Waals surface area contributed by atoms with E-state index in [-0.39, 0.29) is 28.0 Å². The first kappa shape index (κ1) is 33.2. The number of pyridine rings is 2. The molecule has 1 atom stereocenters. The normalized spacial score (nSPS) is 19.0. The fourth-order valence-electron chi connectivity index (χ4n) is 5.87. The van der Waals surface area contributed by atoms with E-state index in [0.717, 1.165) is 23.3 Å². The standard InChI is InChI=1S/C32H46N6O5S/c1-20-18-32(8,9)38(19-20)27-23(28(39)36-44(41,42)25-12-10-11-24(33)34-25)17-22(26(35-27)30(2,3)4)21-13-15-37(16-14-21)29(40)43-31(5,6)7/h10-13,17,20H,14-16,18-19H2,1-9H3,(H2,33,34)(H,36,39). The number of rotatable bonds is 5. The van der Waals surface area contributed by atoms with Gasteiger partial charge in [0.05, 0.1) is 11.3 Å². The number of aromatic nitrogens is 2. The number of nitrogens with zero attached hydrogens (tertiary/aromatic N) is 4. The first-order chi connectivity index (χ1) is 20.2. The predicted octanol–water partition coefficient (Wildman–Crippen LogP) is 5.12. The second-order valence-electron chi connectivity index (χ2n) is 14.5. The molecule has 2 aromatic rings. The number of sulfonamides is 1. The lowest BCUT2D eigenvalue weighted by Crippen LogP contribution is -2.42. The molecule has 2 aromatic heterocycles. The number of ether oxygens (including phenoxy) is 1. The van der Waals surface area contributed by atoms with E-state index in [2.05, 4.69) is 56.1 Å². The summed E-state index contributed by atoms with van der Waals surface area (Å²) < 4.78 is 34.3. The summed E-state index contributed by atoms with van der Waals surface area (Å²) >= 11 is 0. The molecular weight excluding hydrogens is 580 g/mol. The Hall–Kier alpha value is -3.67. The minimum atomic E-state index is -4.33. The van der Waals surface area contributed by atoms with E-state index in [1.165, 1.54) is 18.2 Å². The number of carbonyl (C=O) groups excluding carboxylic acids is 2. The van der Waals surface area contributed by atoms with Crippen LogP contribution >= 0.6 is 0 Å². The number of nitrogens with one attached hydrogen (secondary N) is 1. The molecule has 2 aliphatic rings. The van der Waals surface area contributed by atoms with Crippen LogP contribution in [0.5, 0.6) is 0 Å². The Morgan fingerprint density at radius 3 is 2.32 bits per heavy atom. The number of anilines is 2. The summed E-state index contributed by atoms with van der Waals surface area (Å²) in [6.07, 6.45) is 2.97. The fourth-order valence-corrected chi connectivity index (χ4v) is 6.81. The second-order valence-corrected chi connectivity index (χ2v) is 16.1. The van der Waals surface area contributed by atoms with Crippen molar-refractivity contribution in [3.05, 3.63) is 47.2 Å². The number of nitrogens with two attached hydrogens (primary N) is 1. The summed E-state index contributed by atoms with van der Waals surface area (Å²) in [6, 6.07) is 5.98. The predicted molar refractivity (Wildman–Crippen MR) is 172 cm³/mol. The highest BCUT2D eigenvalue weighted by atomic mass is 32.2. The summed E-state index contributed by atoms with van der Waals surface area (Å²) in [6.45, 7) is 19.5. The van der Waals surface area contributed by atoms with Crippen molar-refractivity contribution < 1.29 is 22.7 Å². The maximum Gasteiger partial charge on any atom is 0.410 e. The van der Waals surface area contributed by atoms with Gasteiger partial charge in [0.2, 0.25) is 0 Å². The van der Waals surface area contributed by atoms with Crippen LogP contribution in [0.25, 0.3) is 5.57 Å². The van der Waals surface area contributed by atoms with Crippen LogP contribution in [-0.4, -0.2) is 66.1 Å². The highest BCUT2D eigenvalue weighted by Crippen LogP contribution is 2.41. The third-order valence-electron chi connectivity index (χ3n) is 7.74. The molecule has 0 bridgehead atoms. The van der Waals surface area contributed by atoms with Gasteiger partial charge in [0.1, 0.15) is 17.2 Å². The molecule has 4 rings (SSSR count). The van der Waals surface area contributed by atoms with E-state index < -0.39 is 26.9 Å². The molecule has 240 valence electrons. The van der Waals surface area contributed by atoms with Gasteiger partial charge in [-0.3, -0.25) is 4.79 Å². The molecule has 11 nitrogen and oxygen atoms in total. The largest absolute Gasteiger partial charge is 0.444 e. The van der Waals surface area contributed by atoms with Crippen molar-refractivity contribution >= 4 is 39.2 Å². The zero-order valence-electron chi connectivity index (χ0n) is 27.3. The van der Waals surface area contributed by atoms with Crippen LogP contribution in [0.2, 0.25) is 0 Å². The Bertz CT molecular complexity index is 1590. The summed E-state index contributed by atoms with van der Waals surface area (Å²) in [5.41, 5.74) is 7.01. The SMILES string of the molecule is CC1CN(c2nc(C(C)(C)C)c(C3=CCN(C(=O)OC(C)(C)C)CC3)cc2C(=O)NS(=O)(=O)c2cccc(N)n2)C(C)(C)C1. The smallest absolute Gasteiger partial charge is 0.410 e. The van der Waals surface area contributed by atoms with Gasteiger partial charge >= 0.3 is 6.09 Å². The van der Waals surface area contributed by atoms with Crippen LogP contribution in [0.4, 0.5) is 16.4 Å². The summed E-state index contributed by atoms with van der Waals surface area (Å²) in [7, 11) is -4.33. The lowest BCUT2D eigenvalue weighted by Gasteiger charge is -2.36. The first-order valence-electron chi connectivity index (χ1n) is 15.0. The summed E-state index contributed by atoms with van der Waals surface area (Å²) in [4.78, 5) is 39.5. The average molecular weight is 627 g/mol. The summed E-state index contributed by atoms with van der Waals surface area (Å²) in [5, 5.41) is -0.348. The van der Waals surface area contributed by atoms with Gasteiger partial charge in [-0.1, -0.05) is 39.8 Å². The number of carbonyl (C=O) groups is 2. The minimum absolute atomic E-state index is 0.0250. The Labute approximate surface area is 261 Å². The Kier molecular flexibility index (Phi) is 8.82. The molecule has 1 saturated heterocycles. The zero-order valence-corrected chi connectivity index (χ0v) is 28.1. The minimum Gasteiger partial charge on any atom is -0.444 e. The van der Waals surface area contributed by atoms with Crippen molar-refractivity contribution in [3.8, 4) is 0 Å². The molecule has 2 amide bonds. The molecule has 1 unspecified atom stereocenters. The van der Waals surface area contributed by atoms with Crippen LogP contribution in [0, 0.1) is 5.92 Å². The van der Waals surface area contributed by atoms with Gasteiger partial charge in [-0.2, -0.15) is 8.42 Å². The van der Waals surface area contributed by atoms with Gasteiger partial charge in [0.15, 0.2) is 5.03 Å². The lowest BCUT2D eigenvalue weighted by molar-refractivity contribution is 0.0270. The van der Waals surface area contributed by atoms with Crippen molar-refractivity contribution in [2.75, 3.05) is 30.3 Å². The molecule has 12 heteroatoms. The van der Waals surface area contributed by atoms with Crippen molar-refractivity contribution in [2.24, 2.45) is 5.92 Å². The quantitative estimate of drug-likeness (QED) is 0.461. The van der Waals surface area contributed by atoms with Crippen molar-refractivity contribution in [1.82, 2.24) is 19.6 Å². The van der Waals surface area contributed by atoms with Crippen LogP contribution in [0.1, 0.15) is 96.8 Å². The van der Waals surface area contributed by atoms with E-state index in [0.29, 0.717) is 37.8 Å².